The molecule has 0 aromatic rings. The van der Waals surface area contributed by atoms with E-state index in [0.717, 1.165) is 25.7 Å². The molecular formula is C12H24N2O3. The van der Waals surface area contributed by atoms with Gasteiger partial charge < -0.3 is 20.5 Å². The van der Waals surface area contributed by atoms with E-state index in [2.05, 4.69) is 0 Å². The van der Waals surface area contributed by atoms with E-state index in [1.54, 1.807) is 0 Å². The topological polar surface area (TPSA) is 75.8 Å². The van der Waals surface area contributed by atoms with E-state index >= 15 is 0 Å². The zero-order chi connectivity index (χ0) is 12.7. The van der Waals surface area contributed by atoms with E-state index in [4.69, 9.17) is 15.6 Å². The van der Waals surface area contributed by atoms with Crippen molar-refractivity contribution in [3.05, 3.63) is 0 Å². The van der Waals surface area contributed by atoms with E-state index in [0.29, 0.717) is 19.7 Å². The minimum absolute atomic E-state index is 0.0561. The van der Waals surface area contributed by atoms with Crippen molar-refractivity contribution in [2.24, 2.45) is 5.73 Å². The number of hydrogen-bond acceptors (Lipinski definition) is 4. The van der Waals surface area contributed by atoms with Crippen LogP contribution in [0.3, 0.4) is 0 Å². The Hall–Kier alpha value is -0.650. The van der Waals surface area contributed by atoms with Crippen LogP contribution in [0.15, 0.2) is 0 Å². The number of carbonyl (C=O) groups excluding carboxylic acids is 1. The highest BCUT2D eigenvalue weighted by Crippen LogP contribution is 2.14. The minimum Gasteiger partial charge on any atom is -0.394 e. The number of amides is 1. The first kappa shape index (κ1) is 14.4. The molecule has 3 N–H and O–H groups in total. The van der Waals surface area contributed by atoms with E-state index in [1.165, 1.54) is 0 Å². The molecule has 0 aromatic heterocycles. The average molecular weight is 244 g/mol. The van der Waals surface area contributed by atoms with Crippen molar-refractivity contribution in [1.82, 2.24) is 4.90 Å². The van der Waals surface area contributed by atoms with Gasteiger partial charge in [0.05, 0.1) is 25.4 Å². The van der Waals surface area contributed by atoms with Crippen molar-refractivity contribution in [3.8, 4) is 0 Å². The maximum Gasteiger partial charge on any atom is 0.239 e. The largest absolute Gasteiger partial charge is 0.394 e. The minimum atomic E-state index is -0.352. The quantitative estimate of drug-likeness (QED) is 0.695. The number of nitrogens with two attached hydrogens (primary N) is 1. The Morgan fingerprint density at radius 3 is 2.71 bits per heavy atom. The van der Waals surface area contributed by atoms with Crippen LogP contribution in [-0.4, -0.2) is 54.4 Å². The fourth-order valence-corrected chi connectivity index (χ4v) is 2.13. The van der Waals surface area contributed by atoms with Crippen LogP contribution in [0.25, 0.3) is 0 Å². The van der Waals surface area contributed by atoms with Gasteiger partial charge in [0.15, 0.2) is 0 Å². The number of aliphatic hydroxyl groups is 1. The molecule has 0 aromatic carbocycles. The molecule has 100 valence electrons. The first-order chi connectivity index (χ1) is 8.19. The van der Waals surface area contributed by atoms with Crippen molar-refractivity contribution in [3.63, 3.8) is 0 Å². The summed E-state index contributed by atoms with van der Waals surface area (Å²) in [4.78, 5) is 13.8. The monoisotopic (exact) mass is 244 g/mol. The number of ether oxygens (including phenoxy) is 1. The molecule has 0 bridgehead atoms. The van der Waals surface area contributed by atoms with Crippen LogP contribution in [0.5, 0.6) is 0 Å². The van der Waals surface area contributed by atoms with Crippen LogP contribution in [0.4, 0.5) is 0 Å². The molecule has 1 amide bonds. The van der Waals surface area contributed by atoms with Crippen LogP contribution >= 0.6 is 0 Å². The van der Waals surface area contributed by atoms with Gasteiger partial charge in [-0.1, -0.05) is 13.3 Å². The summed E-state index contributed by atoms with van der Waals surface area (Å²) in [5, 5.41) is 8.66. The second kappa shape index (κ2) is 7.63. The molecule has 1 aliphatic rings. The molecule has 0 radical (unpaired) electrons. The highest BCUT2D eigenvalue weighted by atomic mass is 16.5. The van der Waals surface area contributed by atoms with Crippen molar-refractivity contribution in [2.45, 2.75) is 44.8 Å². The molecule has 17 heavy (non-hydrogen) atoms. The Balaban J connectivity index is 2.28. The van der Waals surface area contributed by atoms with Crippen molar-refractivity contribution in [1.29, 1.82) is 0 Å². The number of piperidine rings is 1. The average Bonchev–Trinajstić information content (AvgIpc) is 2.36. The predicted molar refractivity (Wildman–Crippen MR) is 65.5 cm³/mol. The van der Waals surface area contributed by atoms with E-state index < -0.39 is 0 Å². The molecule has 0 spiro atoms. The fraction of sp³-hybridized carbons (Fsp3) is 0.917. The summed E-state index contributed by atoms with van der Waals surface area (Å²) in [6.07, 6.45) is 3.53. The highest BCUT2D eigenvalue weighted by molar-refractivity contribution is 5.81. The van der Waals surface area contributed by atoms with Gasteiger partial charge in [0.1, 0.15) is 0 Å². The Morgan fingerprint density at radius 1 is 1.53 bits per heavy atom. The first-order valence-corrected chi connectivity index (χ1v) is 6.45. The maximum absolute atomic E-state index is 11.9. The second-order valence-corrected chi connectivity index (χ2v) is 4.51. The van der Waals surface area contributed by atoms with Crippen LogP contribution < -0.4 is 5.73 Å². The van der Waals surface area contributed by atoms with Crippen molar-refractivity contribution >= 4 is 5.91 Å². The zero-order valence-electron chi connectivity index (χ0n) is 10.6. The van der Waals surface area contributed by atoms with Gasteiger partial charge in [0, 0.05) is 13.1 Å². The molecule has 1 rings (SSSR count). The molecule has 0 saturated carbocycles. The molecule has 5 nitrogen and oxygen atoms in total. The summed E-state index contributed by atoms with van der Waals surface area (Å²) < 4.78 is 5.45. The maximum atomic E-state index is 11.9. The lowest BCUT2D eigenvalue weighted by Crippen LogP contribution is -2.48. The SMILES string of the molecule is CCC[C@H](N)C(=O)N1CCC(OCCO)CC1. The first-order valence-electron chi connectivity index (χ1n) is 6.45. The third-order valence-corrected chi connectivity index (χ3v) is 3.12. The molecule has 5 heteroatoms. The van der Waals surface area contributed by atoms with Gasteiger partial charge in [0.2, 0.25) is 5.91 Å². The standard InChI is InChI=1S/C12H24N2O3/c1-2-3-11(13)12(16)14-6-4-10(5-7-14)17-9-8-15/h10-11,15H,2-9,13H2,1H3/t11-/m0/s1. The number of aliphatic hydroxyl groups excluding tert-OH is 1. The van der Waals surface area contributed by atoms with E-state index in [-0.39, 0.29) is 24.7 Å². The molecule has 1 heterocycles. The van der Waals surface area contributed by atoms with Crippen LogP contribution in [0.2, 0.25) is 0 Å². The zero-order valence-corrected chi connectivity index (χ0v) is 10.6. The summed E-state index contributed by atoms with van der Waals surface area (Å²) in [6, 6.07) is -0.352. The third kappa shape index (κ3) is 4.61. The Bertz CT molecular complexity index is 228. The number of hydrogen-bond donors (Lipinski definition) is 2. The van der Waals surface area contributed by atoms with Gasteiger partial charge >= 0.3 is 0 Å². The molecule has 1 fully saturated rings. The van der Waals surface area contributed by atoms with E-state index in [1.807, 2.05) is 11.8 Å². The summed E-state index contributed by atoms with van der Waals surface area (Å²) in [5.41, 5.74) is 5.82. The summed E-state index contributed by atoms with van der Waals surface area (Å²) in [5.74, 6) is 0.0625. The summed E-state index contributed by atoms with van der Waals surface area (Å²) in [7, 11) is 0. The van der Waals surface area contributed by atoms with Gasteiger partial charge in [-0.3, -0.25) is 4.79 Å². The number of carbonyl (C=O) groups is 1. The molecule has 1 saturated heterocycles. The lowest BCUT2D eigenvalue weighted by atomic mass is 10.1. The van der Waals surface area contributed by atoms with Crippen LogP contribution in [0, 0.1) is 0 Å². The summed E-state index contributed by atoms with van der Waals surface area (Å²) in [6.45, 7) is 3.90. The van der Waals surface area contributed by atoms with Gasteiger partial charge in [-0.25, -0.2) is 0 Å². The predicted octanol–water partition coefficient (Wildman–Crippen LogP) is 0.114. The van der Waals surface area contributed by atoms with Gasteiger partial charge in [-0.15, -0.1) is 0 Å². The Kier molecular flexibility index (Phi) is 6.47. The number of likely N-dealkylation sites (tertiary alicyclic amines) is 1. The Morgan fingerprint density at radius 2 is 2.18 bits per heavy atom. The third-order valence-electron chi connectivity index (χ3n) is 3.12. The lowest BCUT2D eigenvalue weighted by molar-refractivity contribution is -0.135. The number of rotatable bonds is 6. The van der Waals surface area contributed by atoms with Crippen molar-refractivity contribution < 1.29 is 14.6 Å². The Labute approximate surface area is 103 Å². The molecule has 0 aliphatic carbocycles. The van der Waals surface area contributed by atoms with Crippen molar-refractivity contribution in [2.75, 3.05) is 26.3 Å². The second-order valence-electron chi connectivity index (χ2n) is 4.51. The fourth-order valence-electron chi connectivity index (χ4n) is 2.13. The van der Waals surface area contributed by atoms with Crippen LogP contribution in [-0.2, 0) is 9.53 Å². The normalized spacial score (nSPS) is 19.4. The smallest absolute Gasteiger partial charge is 0.239 e. The van der Waals surface area contributed by atoms with Crippen LogP contribution in [0.1, 0.15) is 32.6 Å². The molecule has 0 unspecified atom stereocenters. The molecular weight excluding hydrogens is 220 g/mol. The highest BCUT2D eigenvalue weighted by Gasteiger charge is 2.25. The molecule has 1 atom stereocenters. The van der Waals surface area contributed by atoms with Gasteiger partial charge in [-0.05, 0) is 19.3 Å². The summed E-state index contributed by atoms with van der Waals surface area (Å²) >= 11 is 0. The number of nitrogens with zero attached hydrogens (tertiary/aromatic N) is 1. The van der Waals surface area contributed by atoms with Gasteiger partial charge in [0.25, 0.3) is 0 Å². The van der Waals surface area contributed by atoms with E-state index in [9.17, 15) is 4.79 Å². The van der Waals surface area contributed by atoms with Gasteiger partial charge in [-0.2, -0.15) is 0 Å². The lowest BCUT2D eigenvalue weighted by Gasteiger charge is -2.33. The molecule has 1 aliphatic heterocycles.